The number of nitrogens with zero attached hydrogens (tertiary/aromatic N) is 1. The smallest absolute Gasteiger partial charge is 0.144 e. The van der Waals surface area contributed by atoms with E-state index in [-0.39, 0.29) is 21.7 Å². The fraction of sp³-hybridized carbons (Fsp3) is 0.178. The van der Waals surface area contributed by atoms with Crippen LogP contribution in [0.4, 0.5) is 17.1 Å². The number of para-hydroxylation sites is 3. The molecule has 0 aliphatic heterocycles. The van der Waals surface area contributed by atoms with E-state index in [0.29, 0.717) is 0 Å². The Balaban J connectivity index is 0.902. The van der Waals surface area contributed by atoms with Crippen molar-refractivity contribution in [2.45, 2.75) is 84.0 Å². The third kappa shape index (κ3) is 5.83. The van der Waals surface area contributed by atoms with Crippen LogP contribution >= 0.6 is 0 Å². The Morgan fingerprint density at radius 1 is 0.351 bits per heavy atom. The third-order valence-electron chi connectivity index (χ3n) is 18.4. The van der Waals surface area contributed by atoms with Gasteiger partial charge < -0.3 is 18.2 Å². The van der Waals surface area contributed by atoms with Crippen LogP contribution in [-0.2, 0) is 21.7 Å². The molecular formula is C73H57NO3. The highest BCUT2D eigenvalue weighted by Crippen LogP contribution is 2.64. The summed E-state index contributed by atoms with van der Waals surface area (Å²) >= 11 is 0. The van der Waals surface area contributed by atoms with E-state index in [1.807, 2.05) is 12.1 Å². The summed E-state index contributed by atoms with van der Waals surface area (Å²) in [5.41, 5.74) is 27.1. The van der Waals surface area contributed by atoms with Gasteiger partial charge in [-0.2, -0.15) is 0 Å². The second kappa shape index (κ2) is 14.9. The zero-order valence-electron chi connectivity index (χ0n) is 45.0. The maximum atomic E-state index is 7.02. The molecule has 3 aromatic heterocycles. The Morgan fingerprint density at radius 2 is 0.857 bits per heavy atom. The van der Waals surface area contributed by atoms with E-state index in [9.17, 15) is 0 Å². The zero-order valence-corrected chi connectivity index (χ0v) is 45.0. The predicted molar refractivity (Wildman–Crippen MR) is 320 cm³/mol. The van der Waals surface area contributed by atoms with Gasteiger partial charge in [-0.25, -0.2) is 0 Å². The van der Waals surface area contributed by atoms with Crippen LogP contribution in [0, 0.1) is 0 Å². The van der Waals surface area contributed by atoms with Crippen LogP contribution in [0.25, 0.3) is 110 Å². The van der Waals surface area contributed by atoms with E-state index < -0.39 is 0 Å². The number of anilines is 3. The molecule has 0 saturated carbocycles. The molecule has 13 aromatic rings. The standard InChI is InChI=1S/C73H57NO3/c1-70(2,3)41-27-29-42(30-28-41)74(44-32-34-48-55(38-44)73(8,9)66-62(48)64-50-21-13-17-25-59(50)77-69(64)65-46-19-10-14-22-53(46)72(6,7)67(65)66)43-31-33-47-54(37-43)71(4,5)56-39-51(68-63(61(47)56)49-20-12-16-24-58(49)76-68)40-26-35-60-52(36-40)45-18-11-15-23-57(45)75-60/h10-39H,1-9H3. The second-order valence-corrected chi connectivity index (χ2v) is 24.8. The number of hydrogen-bond donors (Lipinski definition) is 0. The summed E-state index contributed by atoms with van der Waals surface area (Å²) in [6, 6.07) is 67.3. The van der Waals surface area contributed by atoms with E-state index in [1.165, 1.54) is 83.1 Å². The third-order valence-corrected chi connectivity index (χ3v) is 18.4. The van der Waals surface area contributed by atoms with E-state index >= 15 is 0 Å². The molecule has 3 heterocycles. The highest BCUT2D eigenvalue weighted by molar-refractivity contribution is 6.22. The average molecular weight is 996 g/mol. The first-order valence-electron chi connectivity index (χ1n) is 27.3. The number of furan rings is 3. The van der Waals surface area contributed by atoms with Gasteiger partial charge in [0.05, 0.1) is 0 Å². The van der Waals surface area contributed by atoms with Crippen LogP contribution in [0.5, 0.6) is 0 Å². The summed E-state index contributed by atoms with van der Waals surface area (Å²) in [6.07, 6.45) is 0. The molecule has 0 N–H and O–H groups in total. The van der Waals surface area contributed by atoms with Gasteiger partial charge in [-0.1, -0.05) is 172 Å². The van der Waals surface area contributed by atoms with Crippen molar-refractivity contribution < 1.29 is 13.3 Å². The van der Waals surface area contributed by atoms with E-state index in [0.717, 1.165) is 83.2 Å². The highest BCUT2D eigenvalue weighted by Gasteiger charge is 2.49. The lowest BCUT2D eigenvalue weighted by Gasteiger charge is -2.32. The highest BCUT2D eigenvalue weighted by atomic mass is 16.3. The van der Waals surface area contributed by atoms with Gasteiger partial charge in [-0.3, -0.25) is 0 Å². The van der Waals surface area contributed by atoms with E-state index in [1.54, 1.807) is 0 Å². The predicted octanol–water partition coefficient (Wildman–Crippen LogP) is 20.7. The molecule has 372 valence electrons. The van der Waals surface area contributed by atoms with Gasteiger partial charge >= 0.3 is 0 Å². The Bertz CT molecular complexity index is 4750. The van der Waals surface area contributed by atoms with Crippen LogP contribution in [-0.4, -0.2) is 0 Å². The van der Waals surface area contributed by atoms with Gasteiger partial charge in [-0.15, -0.1) is 0 Å². The minimum Gasteiger partial charge on any atom is -0.456 e. The van der Waals surface area contributed by atoms with Crippen molar-refractivity contribution in [3.05, 3.63) is 221 Å². The molecule has 0 atom stereocenters. The lowest BCUT2D eigenvalue weighted by Crippen LogP contribution is -2.24. The van der Waals surface area contributed by atoms with Crippen molar-refractivity contribution in [2.75, 3.05) is 4.90 Å². The largest absolute Gasteiger partial charge is 0.456 e. The summed E-state index contributed by atoms with van der Waals surface area (Å²) in [4.78, 5) is 2.50. The van der Waals surface area contributed by atoms with Crippen molar-refractivity contribution in [3.8, 4) is 44.5 Å². The molecule has 0 fully saturated rings. The first kappa shape index (κ1) is 44.7. The van der Waals surface area contributed by atoms with Crippen LogP contribution in [0.15, 0.2) is 195 Å². The SMILES string of the molecule is CC(C)(C)c1ccc(N(c2ccc3c(c2)C(C)(C)c2cc(-c4ccc5oc6ccccc6c5c4)c4oc5ccccc5c4c2-3)c2ccc3c(c2)C(C)(C)c2c4c(c5oc6ccccc6c5c2-3)-c2ccccc2C4(C)C)cc1. The Hall–Kier alpha value is -8.60. The molecule has 0 bridgehead atoms. The van der Waals surface area contributed by atoms with Crippen LogP contribution < -0.4 is 4.90 Å². The minimum absolute atomic E-state index is 0.00585. The molecular weight excluding hydrogens is 939 g/mol. The van der Waals surface area contributed by atoms with Crippen molar-refractivity contribution in [1.82, 2.24) is 0 Å². The monoisotopic (exact) mass is 995 g/mol. The van der Waals surface area contributed by atoms with Gasteiger partial charge in [0, 0.05) is 76.8 Å². The molecule has 0 unspecified atom stereocenters. The molecule has 3 aliphatic carbocycles. The van der Waals surface area contributed by atoms with Crippen LogP contribution in [0.3, 0.4) is 0 Å². The lowest BCUT2D eigenvalue weighted by molar-refractivity contribution is 0.590. The summed E-state index contributed by atoms with van der Waals surface area (Å²) in [5.74, 6) is 0. The van der Waals surface area contributed by atoms with E-state index in [4.69, 9.17) is 13.3 Å². The van der Waals surface area contributed by atoms with Crippen LogP contribution in [0.2, 0.25) is 0 Å². The van der Waals surface area contributed by atoms with Crippen LogP contribution in [0.1, 0.15) is 101 Å². The normalized spacial score (nSPS) is 15.4. The van der Waals surface area contributed by atoms with Gasteiger partial charge in [0.2, 0.25) is 0 Å². The Kier molecular flexibility index (Phi) is 8.62. The second-order valence-electron chi connectivity index (χ2n) is 24.8. The van der Waals surface area contributed by atoms with Crippen molar-refractivity contribution in [3.63, 3.8) is 0 Å². The number of hydrogen-bond acceptors (Lipinski definition) is 4. The quantitative estimate of drug-likeness (QED) is 0.176. The zero-order chi connectivity index (χ0) is 52.2. The fourth-order valence-electron chi connectivity index (χ4n) is 14.5. The van der Waals surface area contributed by atoms with Crippen molar-refractivity contribution in [2.24, 2.45) is 0 Å². The molecule has 0 radical (unpaired) electrons. The molecule has 0 amide bonds. The van der Waals surface area contributed by atoms with Crippen molar-refractivity contribution in [1.29, 1.82) is 0 Å². The maximum absolute atomic E-state index is 7.02. The van der Waals surface area contributed by atoms with Crippen molar-refractivity contribution >= 4 is 82.9 Å². The summed E-state index contributed by atoms with van der Waals surface area (Å²) in [6.45, 7) is 21.4. The van der Waals surface area contributed by atoms with Gasteiger partial charge in [-0.05, 0) is 151 Å². The molecule has 4 nitrogen and oxygen atoms in total. The van der Waals surface area contributed by atoms with Gasteiger partial charge in [0.15, 0.2) is 0 Å². The molecule has 77 heavy (non-hydrogen) atoms. The fourth-order valence-corrected chi connectivity index (χ4v) is 14.5. The minimum atomic E-state index is -0.360. The first-order chi connectivity index (χ1) is 37.1. The number of benzene rings is 10. The number of fused-ring (bicyclic) bond motifs is 22. The molecule has 0 spiro atoms. The first-order valence-corrected chi connectivity index (χ1v) is 27.3. The molecule has 10 aromatic carbocycles. The maximum Gasteiger partial charge on any atom is 0.144 e. The Morgan fingerprint density at radius 3 is 1.53 bits per heavy atom. The number of rotatable bonds is 4. The molecule has 3 aliphatic rings. The summed E-state index contributed by atoms with van der Waals surface area (Å²) < 4.78 is 20.3. The topological polar surface area (TPSA) is 42.7 Å². The lowest BCUT2D eigenvalue weighted by atomic mass is 9.72. The summed E-state index contributed by atoms with van der Waals surface area (Å²) in [7, 11) is 0. The average Bonchev–Trinajstić information content (AvgIpc) is 4.30. The molecule has 4 heteroatoms. The molecule has 0 saturated heterocycles. The Labute approximate surface area is 448 Å². The molecule has 16 rings (SSSR count). The summed E-state index contributed by atoms with van der Waals surface area (Å²) in [5, 5.41) is 6.89. The van der Waals surface area contributed by atoms with E-state index in [2.05, 4.69) is 237 Å². The van der Waals surface area contributed by atoms with Gasteiger partial charge in [0.25, 0.3) is 0 Å². The van der Waals surface area contributed by atoms with Gasteiger partial charge in [0.1, 0.15) is 33.5 Å².